The maximum absolute atomic E-state index is 10.7. The number of rotatable bonds is 6. The minimum absolute atomic E-state index is 0.228. The molecule has 0 fully saturated rings. The van der Waals surface area contributed by atoms with E-state index in [0.717, 1.165) is 19.3 Å². The van der Waals surface area contributed by atoms with Crippen molar-refractivity contribution in [3.05, 3.63) is 17.8 Å². The first-order valence-corrected chi connectivity index (χ1v) is 5.21. The summed E-state index contributed by atoms with van der Waals surface area (Å²) in [6.45, 7) is 2.59. The van der Waals surface area contributed by atoms with Crippen LogP contribution in [0.2, 0.25) is 0 Å². The third kappa shape index (κ3) is 3.42. The van der Waals surface area contributed by atoms with Crippen molar-refractivity contribution >= 4 is 5.97 Å². The van der Waals surface area contributed by atoms with Crippen molar-refractivity contribution in [2.75, 3.05) is 6.61 Å². The van der Waals surface area contributed by atoms with E-state index in [4.69, 9.17) is 9.84 Å². The van der Waals surface area contributed by atoms with Crippen LogP contribution in [0.3, 0.4) is 0 Å². The molecule has 2 N–H and O–H groups in total. The van der Waals surface area contributed by atoms with Crippen LogP contribution in [0.1, 0.15) is 36.7 Å². The molecule has 16 heavy (non-hydrogen) atoms. The van der Waals surface area contributed by atoms with Crippen molar-refractivity contribution in [2.24, 2.45) is 0 Å². The lowest BCUT2D eigenvalue weighted by Crippen LogP contribution is -2.04. The number of aromatic nitrogens is 1. The van der Waals surface area contributed by atoms with Crippen LogP contribution in [0.25, 0.3) is 0 Å². The summed E-state index contributed by atoms with van der Waals surface area (Å²) in [6.07, 6.45) is 3.05. The number of unbranched alkanes of at least 4 members (excludes halogenated alkanes) is 2. The van der Waals surface area contributed by atoms with Crippen molar-refractivity contribution in [2.45, 2.75) is 26.2 Å². The molecule has 1 aromatic heterocycles. The second kappa shape index (κ2) is 5.95. The van der Waals surface area contributed by atoms with E-state index in [-0.39, 0.29) is 17.3 Å². The first-order valence-electron chi connectivity index (χ1n) is 5.21. The van der Waals surface area contributed by atoms with E-state index in [9.17, 15) is 9.90 Å². The molecule has 0 aromatic carbocycles. The minimum Gasteiger partial charge on any atom is -0.505 e. The smallest absolute Gasteiger partial charge is 0.358 e. The Morgan fingerprint density at radius 1 is 1.44 bits per heavy atom. The van der Waals surface area contributed by atoms with Gasteiger partial charge in [0.15, 0.2) is 5.69 Å². The molecule has 0 radical (unpaired) electrons. The fourth-order valence-electron chi connectivity index (χ4n) is 1.20. The van der Waals surface area contributed by atoms with E-state index in [1.165, 1.54) is 12.1 Å². The summed E-state index contributed by atoms with van der Waals surface area (Å²) in [5, 5.41) is 17.9. The number of nitrogens with zero attached hydrogens (tertiary/aromatic N) is 1. The number of carboxylic acids is 1. The molecule has 0 spiro atoms. The van der Waals surface area contributed by atoms with Gasteiger partial charge in [-0.05, 0) is 12.5 Å². The molecule has 0 saturated heterocycles. The van der Waals surface area contributed by atoms with E-state index >= 15 is 0 Å². The van der Waals surface area contributed by atoms with E-state index in [1.807, 2.05) is 0 Å². The lowest BCUT2D eigenvalue weighted by molar-refractivity contribution is 0.0685. The first-order chi connectivity index (χ1) is 7.65. The van der Waals surface area contributed by atoms with Crippen LogP contribution in [0.15, 0.2) is 12.1 Å². The summed E-state index contributed by atoms with van der Waals surface area (Å²) in [7, 11) is 0. The van der Waals surface area contributed by atoms with Crippen molar-refractivity contribution in [1.82, 2.24) is 4.98 Å². The van der Waals surface area contributed by atoms with Gasteiger partial charge >= 0.3 is 5.97 Å². The van der Waals surface area contributed by atoms with Crippen LogP contribution in [-0.2, 0) is 0 Å². The Kier molecular flexibility index (Phi) is 4.57. The average Bonchev–Trinajstić information content (AvgIpc) is 2.26. The monoisotopic (exact) mass is 225 g/mol. The molecule has 5 heteroatoms. The molecule has 0 aliphatic carbocycles. The van der Waals surface area contributed by atoms with Crippen LogP contribution in [-0.4, -0.2) is 27.8 Å². The lowest BCUT2D eigenvalue weighted by Gasteiger charge is -2.06. The van der Waals surface area contributed by atoms with Gasteiger partial charge in [0.1, 0.15) is 5.75 Å². The van der Waals surface area contributed by atoms with Gasteiger partial charge in [-0.3, -0.25) is 0 Å². The number of carboxylic acid groups (broad SMARTS) is 1. The summed E-state index contributed by atoms with van der Waals surface area (Å²) >= 11 is 0. The van der Waals surface area contributed by atoms with Gasteiger partial charge < -0.3 is 14.9 Å². The van der Waals surface area contributed by atoms with Gasteiger partial charge in [0, 0.05) is 6.07 Å². The Bertz CT molecular complexity index is 365. The zero-order valence-corrected chi connectivity index (χ0v) is 9.14. The van der Waals surface area contributed by atoms with Crippen molar-refractivity contribution in [3.63, 3.8) is 0 Å². The zero-order chi connectivity index (χ0) is 12.0. The largest absolute Gasteiger partial charge is 0.505 e. The molecule has 0 saturated carbocycles. The third-order valence-corrected chi connectivity index (χ3v) is 2.05. The van der Waals surface area contributed by atoms with Gasteiger partial charge in [-0.1, -0.05) is 19.8 Å². The predicted octanol–water partition coefficient (Wildman–Crippen LogP) is 2.05. The molecule has 0 unspecified atom stereocenters. The number of hydrogen-bond donors (Lipinski definition) is 2. The fraction of sp³-hybridized carbons (Fsp3) is 0.455. The first kappa shape index (κ1) is 12.3. The van der Waals surface area contributed by atoms with Gasteiger partial charge in [0.25, 0.3) is 0 Å². The van der Waals surface area contributed by atoms with E-state index in [1.54, 1.807) is 0 Å². The molecular weight excluding hydrogens is 210 g/mol. The van der Waals surface area contributed by atoms with E-state index in [0.29, 0.717) is 6.61 Å². The van der Waals surface area contributed by atoms with Crippen LogP contribution in [0.5, 0.6) is 11.6 Å². The number of ether oxygens (including phenoxy) is 1. The van der Waals surface area contributed by atoms with Crippen LogP contribution < -0.4 is 4.74 Å². The Hall–Kier alpha value is -1.78. The van der Waals surface area contributed by atoms with Gasteiger partial charge in [0.05, 0.1) is 6.61 Å². The molecule has 0 atom stereocenters. The summed E-state index contributed by atoms with van der Waals surface area (Å²) in [4.78, 5) is 14.4. The van der Waals surface area contributed by atoms with Crippen LogP contribution in [0, 0.1) is 0 Å². The molecule has 0 aliphatic heterocycles. The SMILES string of the molecule is CCCCCOc1ccc(O)c(C(=O)O)n1. The number of aromatic hydroxyl groups is 1. The molecule has 1 rings (SSSR count). The fourth-order valence-corrected chi connectivity index (χ4v) is 1.20. The zero-order valence-electron chi connectivity index (χ0n) is 9.14. The second-order valence-electron chi connectivity index (χ2n) is 3.38. The maximum Gasteiger partial charge on any atom is 0.358 e. The molecule has 0 aliphatic rings. The normalized spacial score (nSPS) is 10.1. The number of aromatic carboxylic acids is 1. The maximum atomic E-state index is 10.7. The van der Waals surface area contributed by atoms with Gasteiger partial charge in [-0.15, -0.1) is 0 Å². The Morgan fingerprint density at radius 2 is 2.19 bits per heavy atom. The summed E-state index contributed by atoms with van der Waals surface area (Å²) in [5.41, 5.74) is -0.381. The summed E-state index contributed by atoms with van der Waals surface area (Å²) in [5.74, 6) is -1.39. The highest BCUT2D eigenvalue weighted by molar-refractivity contribution is 5.88. The Morgan fingerprint density at radius 3 is 2.81 bits per heavy atom. The van der Waals surface area contributed by atoms with Crippen LogP contribution in [0.4, 0.5) is 0 Å². The predicted molar refractivity (Wildman–Crippen MR) is 57.9 cm³/mol. The molecule has 1 aromatic rings. The molecule has 0 bridgehead atoms. The third-order valence-electron chi connectivity index (χ3n) is 2.05. The average molecular weight is 225 g/mol. The number of carbonyl (C=O) groups is 1. The van der Waals surface area contributed by atoms with Crippen molar-refractivity contribution < 1.29 is 19.7 Å². The number of pyridine rings is 1. The minimum atomic E-state index is -1.27. The Labute approximate surface area is 93.7 Å². The molecule has 88 valence electrons. The molecular formula is C11H15NO4. The standard InChI is InChI=1S/C11H15NO4/c1-2-3-4-7-16-9-6-5-8(13)10(12-9)11(14)15/h5-6,13H,2-4,7H2,1H3,(H,14,15). The van der Waals surface area contributed by atoms with Gasteiger partial charge in [-0.25, -0.2) is 9.78 Å². The van der Waals surface area contributed by atoms with Gasteiger partial charge in [0.2, 0.25) is 5.88 Å². The second-order valence-corrected chi connectivity index (χ2v) is 3.38. The molecule has 0 amide bonds. The molecule has 5 nitrogen and oxygen atoms in total. The quantitative estimate of drug-likeness (QED) is 0.724. The van der Waals surface area contributed by atoms with Crippen molar-refractivity contribution in [1.29, 1.82) is 0 Å². The van der Waals surface area contributed by atoms with E-state index < -0.39 is 5.97 Å². The topological polar surface area (TPSA) is 79.7 Å². The van der Waals surface area contributed by atoms with Crippen LogP contribution >= 0.6 is 0 Å². The highest BCUT2D eigenvalue weighted by atomic mass is 16.5. The van der Waals surface area contributed by atoms with E-state index in [2.05, 4.69) is 11.9 Å². The summed E-state index contributed by atoms with van der Waals surface area (Å²) < 4.78 is 5.27. The van der Waals surface area contributed by atoms with Gasteiger partial charge in [-0.2, -0.15) is 0 Å². The van der Waals surface area contributed by atoms with Crippen molar-refractivity contribution in [3.8, 4) is 11.6 Å². The number of hydrogen-bond acceptors (Lipinski definition) is 4. The molecule has 1 heterocycles. The Balaban J connectivity index is 2.61. The summed E-state index contributed by atoms with van der Waals surface area (Å²) in [6, 6.07) is 2.72. The lowest BCUT2D eigenvalue weighted by atomic mass is 10.3. The highest BCUT2D eigenvalue weighted by Gasteiger charge is 2.12. The highest BCUT2D eigenvalue weighted by Crippen LogP contribution is 2.18.